The van der Waals surface area contributed by atoms with Gasteiger partial charge in [-0.1, -0.05) is 12.1 Å². The van der Waals surface area contributed by atoms with Crippen molar-refractivity contribution in [3.05, 3.63) is 36.2 Å². The summed E-state index contributed by atoms with van der Waals surface area (Å²) in [6, 6.07) is 4.57. The van der Waals surface area contributed by atoms with Gasteiger partial charge in [0.2, 0.25) is 5.95 Å². The molecule has 29 heavy (non-hydrogen) atoms. The maximum atomic E-state index is 13.6. The zero-order valence-electron chi connectivity index (χ0n) is 16.4. The number of benzene rings is 1. The second-order valence-electron chi connectivity index (χ2n) is 7.38. The monoisotopic (exact) mass is 426 g/mol. The molecule has 0 amide bonds. The van der Waals surface area contributed by atoms with Crippen LogP contribution in [-0.4, -0.2) is 45.5 Å². The van der Waals surface area contributed by atoms with E-state index in [4.69, 9.17) is 0 Å². The van der Waals surface area contributed by atoms with Gasteiger partial charge in [-0.05, 0) is 33.2 Å². The predicted octanol–water partition coefficient (Wildman–Crippen LogP) is 4.07. The molecule has 0 aliphatic carbocycles. The van der Waals surface area contributed by atoms with Gasteiger partial charge in [-0.2, -0.15) is 13.2 Å². The van der Waals surface area contributed by atoms with Crippen molar-refractivity contribution < 1.29 is 22.8 Å². The Morgan fingerprint density at radius 1 is 1.24 bits per heavy atom. The summed E-state index contributed by atoms with van der Waals surface area (Å²) in [5, 5.41) is 13.5. The van der Waals surface area contributed by atoms with Crippen LogP contribution in [0, 0.1) is 0 Å². The van der Waals surface area contributed by atoms with E-state index < -0.39 is 31.0 Å². The summed E-state index contributed by atoms with van der Waals surface area (Å²) in [6.45, 7) is 6.43. The molecule has 0 fully saturated rings. The number of H-pyrrole nitrogens is 1. The molecule has 0 saturated carbocycles. The quantitative estimate of drug-likeness (QED) is 0.535. The van der Waals surface area contributed by atoms with E-state index in [2.05, 4.69) is 20.3 Å². The van der Waals surface area contributed by atoms with Gasteiger partial charge in [-0.15, -0.1) is 0 Å². The summed E-state index contributed by atoms with van der Waals surface area (Å²) in [5.74, 6) is -0.0245. The third-order valence-corrected chi connectivity index (χ3v) is 6.24. The maximum Gasteiger partial charge on any atom is 0.419 e. The van der Waals surface area contributed by atoms with E-state index in [0.717, 1.165) is 6.20 Å². The minimum absolute atomic E-state index is 0.0245. The number of anilines is 1. The number of alkyl halides is 3. The fraction of sp³-hybridized carbons (Fsp3) is 0.368. The normalized spacial score (nSPS) is 14.8. The van der Waals surface area contributed by atoms with Gasteiger partial charge in [0.15, 0.2) is 0 Å². The molecular formula is C19H22F3N4O2P. The summed E-state index contributed by atoms with van der Waals surface area (Å²) < 4.78 is 53.5. The Morgan fingerprint density at radius 3 is 2.52 bits per heavy atom. The van der Waals surface area contributed by atoms with E-state index in [1.165, 1.54) is 6.20 Å². The summed E-state index contributed by atoms with van der Waals surface area (Å²) >= 11 is 0. The highest BCUT2D eigenvalue weighted by atomic mass is 31.2. The van der Waals surface area contributed by atoms with Crippen LogP contribution in [0.1, 0.15) is 19.4 Å². The zero-order chi connectivity index (χ0) is 21.6. The van der Waals surface area contributed by atoms with Crippen LogP contribution in [0.4, 0.5) is 19.1 Å². The lowest BCUT2D eigenvalue weighted by atomic mass is 10.1. The Morgan fingerprint density at radius 2 is 1.93 bits per heavy atom. The van der Waals surface area contributed by atoms with Crippen molar-refractivity contribution in [1.82, 2.24) is 15.0 Å². The topological polar surface area (TPSA) is 90.9 Å². The number of hydrogen-bond acceptors (Lipinski definition) is 5. The van der Waals surface area contributed by atoms with Crippen LogP contribution in [0.25, 0.3) is 22.2 Å². The van der Waals surface area contributed by atoms with Crippen molar-refractivity contribution >= 4 is 29.3 Å². The van der Waals surface area contributed by atoms with E-state index >= 15 is 0 Å². The van der Waals surface area contributed by atoms with Gasteiger partial charge in [-0.3, -0.25) is 0 Å². The Kier molecular flexibility index (Phi) is 5.49. The first-order valence-electron chi connectivity index (χ1n) is 8.94. The molecule has 2 aromatic heterocycles. The Bertz CT molecular complexity index is 1090. The highest BCUT2D eigenvalue weighted by Crippen LogP contribution is 2.41. The lowest BCUT2D eigenvalue weighted by molar-refractivity contribution is -0.137. The average molecular weight is 426 g/mol. The van der Waals surface area contributed by atoms with Gasteiger partial charge in [0.25, 0.3) is 0 Å². The largest absolute Gasteiger partial charge is 0.419 e. The number of nitrogens with zero attached hydrogens (tertiary/aromatic N) is 2. The zero-order valence-corrected chi connectivity index (χ0v) is 17.3. The molecule has 6 nitrogen and oxygen atoms in total. The molecule has 0 aliphatic heterocycles. The van der Waals surface area contributed by atoms with E-state index in [1.54, 1.807) is 45.4 Å². The minimum Gasteiger partial charge on any atom is -0.391 e. The number of para-hydroxylation sites is 1. The Hall–Kier alpha value is -2.38. The molecule has 156 valence electrons. The third kappa shape index (κ3) is 4.31. The molecule has 10 heteroatoms. The summed E-state index contributed by atoms with van der Waals surface area (Å²) in [4.78, 5) is 10.8. The molecule has 0 aliphatic rings. The van der Waals surface area contributed by atoms with E-state index in [-0.39, 0.29) is 17.2 Å². The fourth-order valence-electron chi connectivity index (χ4n) is 2.97. The standard InChI is InChI=1S/C19H22F3N4O2P/c1-10(11(2)27)25-18-24-9-14(19(20,21)22)16(26-18)13-8-23-17-12(13)6-5-7-15(17)29(3,4)28/h5-11,23,27H,1-4H3,(H,24,25,26). The van der Waals surface area contributed by atoms with Crippen LogP contribution in [0.2, 0.25) is 0 Å². The number of halogens is 3. The molecule has 2 unspecified atom stereocenters. The molecule has 0 spiro atoms. The highest BCUT2D eigenvalue weighted by molar-refractivity contribution is 7.70. The lowest BCUT2D eigenvalue weighted by Crippen LogP contribution is -2.29. The number of aromatic amines is 1. The minimum atomic E-state index is -4.66. The van der Waals surface area contributed by atoms with Crippen molar-refractivity contribution in [2.24, 2.45) is 0 Å². The molecule has 0 radical (unpaired) electrons. The average Bonchev–Trinajstić information content (AvgIpc) is 3.03. The first-order chi connectivity index (χ1) is 13.4. The van der Waals surface area contributed by atoms with Crippen LogP contribution in [0.5, 0.6) is 0 Å². The summed E-state index contributed by atoms with van der Waals surface area (Å²) in [6.07, 6.45) is -3.24. The number of aliphatic hydroxyl groups is 1. The second kappa shape index (κ2) is 7.46. The van der Waals surface area contributed by atoms with Gasteiger partial charge in [0.1, 0.15) is 12.7 Å². The number of aromatic nitrogens is 3. The van der Waals surface area contributed by atoms with E-state index in [9.17, 15) is 22.8 Å². The fourth-order valence-corrected chi connectivity index (χ4v) is 4.14. The number of fused-ring (bicyclic) bond motifs is 1. The molecule has 3 rings (SSSR count). The molecule has 2 atom stereocenters. The van der Waals surface area contributed by atoms with Crippen molar-refractivity contribution in [2.75, 3.05) is 18.6 Å². The Labute approximate surface area is 166 Å². The molecule has 0 saturated heterocycles. The molecule has 0 bridgehead atoms. The molecule has 3 N–H and O–H groups in total. The van der Waals surface area contributed by atoms with Gasteiger partial charge in [0.05, 0.1) is 23.4 Å². The highest BCUT2D eigenvalue weighted by Gasteiger charge is 2.36. The summed E-state index contributed by atoms with van der Waals surface area (Å²) in [7, 11) is -2.65. The van der Waals surface area contributed by atoms with Crippen LogP contribution in [0.3, 0.4) is 0 Å². The number of aliphatic hydroxyl groups excluding tert-OH is 1. The van der Waals surface area contributed by atoms with Crippen LogP contribution < -0.4 is 10.6 Å². The summed E-state index contributed by atoms with van der Waals surface area (Å²) in [5.41, 5.74) is -0.513. The number of hydrogen-bond donors (Lipinski definition) is 3. The Balaban J connectivity index is 2.22. The van der Waals surface area contributed by atoms with Gasteiger partial charge in [0, 0.05) is 28.6 Å². The van der Waals surface area contributed by atoms with Crippen molar-refractivity contribution in [2.45, 2.75) is 32.2 Å². The molecule has 2 heterocycles. The van der Waals surface area contributed by atoms with Crippen LogP contribution >= 0.6 is 7.14 Å². The molecule has 1 aromatic carbocycles. The van der Waals surface area contributed by atoms with Crippen molar-refractivity contribution in [3.63, 3.8) is 0 Å². The SMILES string of the molecule is CC(O)C(C)Nc1ncc(C(F)(F)F)c(-c2c[nH]c3c(P(C)(C)=O)cccc23)n1. The molecule has 3 aromatic rings. The third-order valence-electron chi connectivity index (χ3n) is 4.70. The van der Waals surface area contributed by atoms with Crippen molar-refractivity contribution in [3.8, 4) is 11.3 Å². The van der Waals surface area contributed by atoms with Gasteiger partial charge in [-0.25, -0.2) is 9.97 Å². The number of rotatable bonds is 5. The first kappa shape index (κ1) is 21.3. The van der Waals surface area contributed by atoms with Gasteiger partial charge >= 0.3 is 6.18 Å². The lowest BCUT2D eigenvalue weighted by Gasteiger charge is -2.18. The van der Waals surface area contributed by atoms with Crippen molar-refractivity contribution in [1.29, 1.82) is 0 Å². The van der Waals surface area contributed by atoms with Crippen LogP contribution in [-0.2, 0) is 10.7 Å². The maximum absolute atomic E-state index is 13.6. The smallest absolute Gasteiger partial charge is 0.391 e. The van der Waals surface area contributed by atoms with E-state index in [0.29, 0.717) is 16.2 Å². The second-order valence-corrected chi connectivity index (χ2v) is 10.6. The first-order valence-corrected chi connectivity index (χ1v) is 11.5. The van der Waals surface area contributed by atoms with Crippen LogP contribution in [0.15, 0.2) is 30.6 Å². The van der Waals surface area contributed by atoms with E-state index in [1.807, 2.05) is 0 Å². The predicted molar refractivity (Wildman–Crippen MR) is 108 cm³/mol. The van der Waals surface area contributed by atoms with Gasteiger partial charge < -0.3 is 20.0 Å². The number of nitrogens with one attached hydrogen (secondary N) is 2. The molecular weight excluding hydrogens is 404 g/mol.